The van der Waals surface area contributed by atoms with Crippen molar-refractivity contribution in [2.75, 3.05) is 20.3 Å². The number of nitrogens with zero attached hydrogens (tertiary/aromatic N) is 3. The lowest BCUT2D eigenvalue weighted by atomic mass is 10.1. The normalized spacial score (nSPS) is 24.3. The van der Waals surface area contributed by atoms with Crippen LogP contribution in [0.25, 0.3) is 22.4 Å². The summed E-state index contributed by atoms with van der Waals surface area (Å²) in [4.78, 5) is 16.3. The number of halogens is 1. The van der Waals surface area contributed by atoms with Gasteiger partial charge in [-0.25, -0.2) is 9.97 Å². The summed E-state index contributed by atoms with van der Waals surface area (Å²) in [7, 11) is 1.57. The van der Waals surface area contributed by atoms with Crippen LogP contribution in [0.2, 0.25) is 5.02 Å². The van der Waals surface area contributed by atoms with E-state index in [9.17, 15) is 0 Å². The highest BCUT2D eigenvalue weighted by Crippen LogP contribution is 2.32. The first-order chi connectivity index (χ1) is 13.2. The number of hydrogen-bond donors (Lipinski definition) is 1. The topological polar surface area (TPSA) is 91.4 Å². The number of imidazole rings is 1. The van der Waals surface area contributed by atoms with Crippen LogP contribution in [0.4, 0.5) is 0 Å². The molecule has 9 heteroatoms. The Morgan fingerprint density at radius 3 is 3.00 bits per heavy atom. The van der Waals surface area contributed by atoms with Gasteiger partial charge in [-0.2, -0.15) is 4.98 Å². The largest absolute Gasteiger partial charge is 0.481 e. The van der Waals surface area contributed by atoms with Crippen LogP contribution in [0.3, 0.4) is 0 Å². The Bertz CT molecular complexity index is 977. The summed E-state index contributed by atoms with van der Waals surface area (Å²) in [6, 6.07) is 5.77. The quantitative estimate of drug-likeness (QED) is 0.734. The summed E-state index contributed by atoms with van der Waals surface area (Å²) < 4.78 is 22.5. The van der Waals surface area contributed by atoms with Crippen molar-refractivity contribution in [2.45, 2.75) is 24.7 Å². The van der Waals surface area contributed by atoms with Gasteiger partial charge in [0.25, 0.3) is 6.01 Å². The van der Waals surface area contributed by atoms with Gasteiger partial charge in [-0.15, -0.1) is 0 Å². The van der Waals surface area contributed by atoms with E-state index in [1.54, 1.807) is 25.4 Å². The molecule has 2 aliphatic rings. The van der Waals surface area contributed by atoms with Crippen molar-refractivity contribution in [3.05, 3.63) is 29.4 Å². The molecule has 0 aromatic carbocycles. The van der Waals surface area contributed by atoms with Gasteiger partial charge in [0.1, 0.15) is 6.10 Å². The number of ether oxygens (including phenoxy) is 4. The number of pyridine rings is 2. The average molecular weight is 389 g/mol. The maximum absolute atomic E-state index is 6.41. The van der Waals surface area contributed by atoms with Crippen LogP contribution in [0.5, 0.6) is 11.9 Å². The Kier molecular flexibility index (Phi) is 4.11. The predicted octanol–water partition coefficient (Wildman–Crippen LogP) is 2.62. The number of hydrogen-bond acceptors (Lipinski definition) is 7. The fourth-order valence-corrected chi connectivity index (χ4v) is 3.73. The minimum Gasteiger partial charge on any atom is -0.481 e. The summed E-state index contributed by atoms with van der Waals surface area (Å²) in [5.74, 6) is 0.526. The second-order valence-electron chi connectivity index (χ2n) is 6.47. The summed E-state index contributed by atoms with van der Waals surface area (Å²) in [5, 5.41) is 0.494. The zero-order chi connectivity index (χ0) is 18.4. The van der Waals surface area contributed by atoms with Crippen molar-refractivity contribution >= 4 is 22.8 Å². The minimum absolute atomic E-state index is 0.0457. The van der Waals surface area contributed by atoms with E-state index in [-0.39, 0.29) is 18.3 Å². The lowest BCUT2D eigenvalue weighted by Gasteiger charge is -2.15. The Morgan fingerprint density at radius 2 is 2.19 bits per heavy atom. The highest BCUT2D eigenvalue weighted by atomic mass is 35.5. The van der Waals surface area contributed by atoms with Crippen molar-refractivity contribution < 1.29 is 18.9 Å². The van der Waals surface area contributed by atoms with E-state index in [0.29, 0.717) is 47.0 Å². The molecule has 3 aromatic heterocycles. The number of methoxy groups -OCH3 is 1. The molecule has 2 saturated heterocycles. The fourth-order valence-electron chi connectivity index (χ4n) is 3.47. The molecule has 1 N–H and O–H groups in total. The third-order valence-corrected chi connectivity index (χ3v) is 5.10. The third kappa shape index (κ3) is 2.99. The first-order valence-electron chi connectivity index (χ1n) is 8.68. The molecule has 2 fully saturated rings. The van der Waals surface area contributed by atoms with Gasteiger partial charge >= 0.3 is 0 Å². The maximum Gasteiger partial charge on any atom is 0.296 e. The third-order valence-electron chi connectivity index (χ3n) is 4.81. The molecule has 1 unspecified atom stereocenters. The molecular formula is C18H17ClN4O4. The summed E-state index contributed by atoms with van der Waals surface area (Å²) in [5.41, 5.74) is 2.59. The molecule has 140 valence electrons. The molecule has 0 spiro atoms. The van der Waals surface area contributed by atoms with E-state index in [1.165, 1.54) is 0 Å². The van der Waals surface area contributed by atoms with Crippen molar-refractivity contribution in [1.29, 1.82) is 0 Å². The molecular weight excluding hydrogens is 372 g/mol. The van der Waals surface area contributed by atoms with Gasteiger partial charge in [0.2, 0.25) is 5.88 Å². The smallest absolute Gasteiger partial charge is 0.296 e. The maximum atomic E-state index is 6.41. The first kappa shape index (κ1) is 16.7. The standard InChI is InChI=1S/C18H17ClN4O4/c1-24-14-3-2-9(7-20-14)15-10(19)6-11-17(22-15)23-18(21-11)27-13-8-26-12-4-5-25-16(12)13/h2-3,6-7,12-13,16H,4-5,8H2,1H3,(H,21,22,23)/t12-,13?,16+/m1/s1. The monoisotopic (exact) mass is 388 g/mol. The lowest BCUT2D eigenvalue weighted by molar-refractivity contribution is 0.0273. The highest BCUT2D eigenvalue weighted by molar-refractivity contribution is 6.33. The van der Waals surface area contributed by atoms with Crippen molar-refractivity contribution in [2.24, 2.45) is 0 Å². The number of fused-ring (bicyclic) bond motifs is 2. The Hall–Kier alpha value is -2.42. The first-order valence-corrected chi connectivity index (χ1v) is 9.05. The number of aromatic nitrogens is 4. The van der Waals surface area contributed by atoms with E-state index >= 15 is 0 Å². The van der Waals surface area contributed by atoms with E-state index in [0.717, 1.165) is 12.0 Å². The molecule has 0 aliphatic carbocycles. The predicted molar refractivity (Wildman–Crippen MR) is 97.2 cm³/mol. The van der Waals surface area contributed by atoms with Crippen molar-refractivity contribution in [1.82, 2.24) is 19.9 Å². The van der Waals surface area contributed by atoms with Gasteiger partial charge < -0.3 is 23.9 Å². The van der Waals surface area contributed by atoms with E-state index in [1.807, 2.05) is 6.07 Å². The Balaban J connectivity index is 1.43. The van der Waals surface area contributed by atoms with Crippen LogP contribution in [0, 0.1) is 0 Å². The van der Waals surface area contributed by atoms with Crippen LogP contribution >= 0.6 is 11.6 Å². The number of rotatable bonds is 4. The van der Waals surface area contributed by atoms with Crippen molar-refractivity contribution in [3.63, 3.8) is 0 Å². The second-order valence-corrected chi connectivity index (χ2v) is 6.88. The zero-order valence-electron chi connectivity index (χ0n) is 14.5. The van der Waals surface area contributed by atoms with Gasteiger partial charge in [0.15, 0.2) is 11.8 Å². The van der Waals surface area contributed by atoms with Crippen LogP contribution in [-0.4, -0.2) is 58.6 Å². The van der Waals surface area contributed by atoms with E-state index < -0.39 is 0 Å². The molecule has 0 bridgehead atoms. The summed E-state index contributed by atoms with van der Waals surface area (Å²) >= 11 is 6.41. The van der Waals surface area contributed by atoms with E-state index in [2.05, 4.69) is 19.9 Å². The number of H-pyrrole nitrogens is 1. The fraction of sp³-hybridized carbons (Fsp3) is 0.389. The molecule has 2 aliphatic heterocycles. The molecule has 0 amide bonds. The van der Waals surface area contributed by atoms with Crippen LogP contribution in [-0.2, 0) is 9.47 Å². The van der Waals surface area contributed by atoms with E-state index in [4.69, 9.17) is 30.5 Å². The molecule has 8 nitrogen and oxygen atoms in total. The van der Waals surface area contributed by atoms with Crippen LogP contribution in [0.15, 0.2) is 24.4 Å². The van der Waals surface area contributed by atoms with Gasteiger partial charge in [-0.05, 0) is 18.6 Å². The van der Waals surface area contributed by atoms with Crippen molar-refractivity contribution in [3.8, 4) is 23.1 Å². The second kappa shape index (κ2) is 6.63. The summed E-state index contributed by atoms with van der Waals surface area (Å²) in [6.45, 7) is 1.19. The van der Waals surface area contributed by atoms with Gasteiger partial charge in [0, 0.05) is 24.4 Å². The van der Waals surface area contributed by atoms with Crippen LogP contribution < -0.4 is 9.47 Å². The highest BCUT2D eigenvalue weighted by Gasteiger charge is 2.43. The molecule has 0 radical (unpaired) electrons. The SMILES string of the molecule is COc1ccc(-c2nc3nc(OC4CO[C@@H]5CCO[C@H]45)[nH]c3cc2Cl)cn1. The number of aromatic amines is 1. The van der Waals surface area contributed by atoms with Gasteiger partial charge in [0.05, 0.1) is 36.1 Å². The lowest BCUT2D eigenvalue weighted by Crippen LogP contribution is -2.32. The molecule has 5 heterocycles. The molecule has 0 saturated carbocycles. The number of nitrogens with one attached hydrogen (secondary N) is 1. The molecule has 3 aromatic rings. The van der Waals surface area contributed by atoms with Crippen LogP contribution in [0.1, 0.15) is 6.42 Å². The minimum atomic E-state index is -0.182. The average Bonchev–Trinajstić information content (AvgIpc) is 3.38. The zero-order valence-corrected chi connectivity index (χ0v) is 15.3. The Labute approximate surface area is 159 Å². The molecule has 5 rings (SSSR count). The van der Waals surface area contributed by atoms with Gasteiger partial charge in [-0.3, -0.25) is 0 Å². The Morgan fingerprint density at radius 1 is 1.26 bits per heavy atom. The molecule has 27 heavy (non-hydrogen) atoms. The molecule has 3 atom stereocenters. The summed E-state index contributed by atoms with van der Waals surface area (Å²) in [6.07, 6.45) is 2.45. The van der Waals surface area contributed by atoms with Gasteiger partial charge in [-0.1, -0.05) is 11.6 Å².